The number of amides is 4. The Bertz CT molecular complexity index is 612. The predicted molar refractivity (Wildman–Crippen MR) is 93.1 cm³/mol. The molecule has 1 unspecified atom stereocenters. The summed E-state index contributed by atoms with van der Waals surface area (Å²) >= 11 is 0. The van der Waals surface area contributed by atoms with Gasteiger partial charge in [0.15, 0.2) is 6.04 Å². The topological polar surface area (TPSA) is 90.0 Å². The number of hydrogen-bond acceptors (Lipinski definition) is 3. The van der Waals surface area contributed by atoms with E-state index >= 15 is 0 Å². The van der Waals surface area contributed by atoms with Crippen LogP contribution in [0.2, 0.25) is 0 Å². The largest absolute Gasteiger partial charge is 0.479 e. The van der Waals surface area contributed by atoms with Gasteiger partial charge in [0.25, 0.3) is 0 Å². The molecule has 1 aliphatic rings. The molecule has 7 heteroatoms. The maximum Gasteiger partial charge on any atom is 0.330 e. The van der Waals surface area contributed by atoms with Gasteiger partial charge in [-0.2, -0.15) is 0 Å². The van der Waals surface area contributed by atoms with Gasteiger partial charge in [0.05, 0.1) is 0 Å². The standard InChI is InChI=1S/C18H25N3O4/c1-13(2)21(18(25)20-11-7-4-8-12-20)17(24)19-15(16(22)23)14-9-5-3-6-10-14/h3,5-6,9-10,13,15H,4,7-8,11-12H2,1-2H3,(H,19,24)(H,22,23). The summed E-state index contributed by atoms with van der Waals surface area (Å²) in [6, 6.07) is 5.80. The summed E-state index contributed by atoms with van der Waals surface area (Å²) < 4.78 is 0. The van der Waals surface area contributed by atoms with Crippen LogP contribution >= 0.6 is 0 Å². The van der Waals surface area contributed by atoms with Crippen LogP contribution in [0.15, 0.2) is 30.3 Å². The van der Waals surface area contributed by atoms with E-state index in [9.17, 15) is 19.5 Å². The van der Waals surface area contributed by atoms with Crippen LogP contribution in [-0.4, -0.2) is 52.1 Å². The average Bonchev–Trinajstić information content (AvgIpc) is 2.60. The molecule has 0 bridgehead atoms. The van der Waals surface area contributed by atoms with E-state index < -0.39 is 18.0 Å². The minimum absolute atomic E-state index is 0.371. The third-order valence-corrected chi connectivity index (χ3v) is 4.22. The molecule has 1 saturated heterocycles. The lowest BCUT2D eigenvalue weighted by Gasteiger charge is -2.34. The Labute approximate surface area is 147 Å². The fraction of sp³-hybridized carbons (Fsp3) is 0.500. The van der Waals surface area contributed by atoms with Crippen molar-refractivity contribution in [3.63, 3.8) is 0 Å². The highest BCUT2D eigenvalue weighted by Crippen LogP contribution is 2.16. The van der Waals surface area contributed by atoms with Crippen molar-refractivity contribution < 1.29 is 19.5 Å². The number of carbonyl (C=O) groups excluding carboxylic acids is 2. The number of rotatable bonds is 4. The van der Waals surface area contributed by atoms with Crippen LogP contribution in [0.4, 0.5) is 9.59 Å². The summed E-state index contributed by atoms with van der Waals surface area (Å²) in [7, 11) is 0. The second-order valence-electron chi connectivity index (χ2n) is 6.43. The van der Waals surface area contributed by atoms with E-state index in [2.05, 4.69) is 5.32 Å². The highest BCUT2D eigenvalue weighted by atomic mass is 16.4. The molecule has 7 nitrogen and oxygen atoms in total. The van der Waals surface area contributed by atoms with Crippen LogP contribution in [0.1, 0.15) is 44.7 Å². The van der Waals surface area contributed by atoms with Crippen molar-refractivity contribution in [2.24, 2.45) is 0 Å². The molecule has 1 heterocycles. The molecule has 136 valence electrons. The lowest BCUT2D eigenvalue weighted by atomic mass is 10.1. The van der Waals surface area contributed by atoms with E-state index in [4.69, 9.17) is 0 Å². The van der Waals surface area contributed by atoms with Crippen molar-refractivity contribution in [2.75, 3.05) is 13.1 Å². The minimum Gasteiger partial charge on any atom is -0.479 e. The highest BCUT2D eigenvalue weighted by Gasteiger charge is 2.32. The minimum atomic E-state index is -1.20. The maximum absolute atomic E-state index is 12.7. The molecular formula is C18H25N3O4. The van der Waals surface area contributed by atoms with Gasteiger partial charge in [0.1, 0.15) is 0 Å². The van der Waals surface area contributed by atoms with Crippen LogP contribution in [0, 0.1) is 0 Å². The number of nitrogens with zero attached hydrogens (tertiary/aromatic N) is 2. The highest BCUT2D eigenvalue weighted by molar-refractivity contribution is 5.95. The predicted octanol–water partition coefficient (Wildman–Crippen LogP) is 2.84. The second-order valence-corrected chi connectivity index (χ2v) is 6.43. The molecule has 1 fully saturated rings. The van der Waals surface area contributed by atoms with E-state index in [0.29, 0.717) is 18.7 Å². The van der Waals surface area contributed by atoms with Crippen molar-refractivity contribution in [1.29, 1.82) is 0 Å². The second kappa shape index (κ2) is 8.50. The lowest BCUT2D eigenvalue weighted by molar-refractivity contribution is -0.139. The van der Waals surface area contributed by atoms with Crippen molar-refractivity contribution in [2.45, 2.75) is 45.2 Å². The lowest BCUT2D eigenvalue weighted by Crippen LogP contribution is -2.55. The molecule has 1 aromatic carbocycles. The Morgan fingerprint density at radius 3 is 2.20 bits per heavy atom. The summed E-state index contributed by atoms with van der Waals surface area (Å²) in [5.74, 6) is -1.17. The summed E-state index contributed by atoms with van der Waals surface area (Å²) in [6.07, 6.45) is 2.91. The molecule has 1 aromatic rings. The SMILES string of the molecule is CC(C)N(C(=O)NC(C(=O)O)c1ccccc1)C(=O)N1CCCCC1. The van der Waals surface area contributed by atoms with Gasteiger partial charge in [-0.3, -0.25) is 0 Å². The molecular weight excluding hydrogens is 322 g/mol. The zero-order valence-electron chi connectivity index (χ0n) is 14.6. The smallest absolute Gasteiger partial charge is 0.330 e. The van der Waals surface area contributed by atoms with Gasteiger partial charge in [-0.15, -0.1) is 0 Å². The fourth-order valence-corrected chi connectivity index (χ4v) is 2.91. The number of nitrogens with one attached hydrogen (secondary N) is 1. The van der Waals surface area contributed by atoms with Crippen LogP contribution in [0.3, 0.4) is 0 Å². The molecule has 1 aliphatic heterocycles. The van der Waals surface area contributed by atoms with Crippen LogP contribution in [0.25, 0.3) is 0 Å². The molecule has 2 rings (SSSR count). The van der Waals surface area contributed by atoms with Crippen molar-refractivity contribution in [1.82, 2.24) is 15.1 Å². The van der Waals surface area contributed by atoms with Gasteiger partial charge in [0.2, 0.25) is 0 Å². The third kappa shape index (κ3) is 4.71. The Kier molecular flexibility index (Phi) is 6.38. The molecule has 0 aromatic heterocycles. The Hall–Kier alpha value is -2.57. The third-order valence-electron chi connectivity index (χ3n) is 4.22. The van der Waals surface area contributed by atoms with Crippen LogP contribution in [0.5, 0.6) is 0 Å². The quantitative estimate of drug-likeness (QED) is 0.876. The van der Waals surface area contributed by atoms with Gasteiger partial charge in [0, 0.05) is 19.1 Å². The van der Waals surface area contributed by atoms with E-state index in [-0.39, 0.29) is 12.1 Å². The van der Waals surface area contributed by atoms with Gasteiger partial charge in [-0.1, -0.05) is 30.3 Å². The van der Waals surface area contributed by atoms with Crippen LogP contribution < -0.4 is 5.32 Å². The first kappa shape index (κ1) is 18.8. The number of benzene rings is 1. The number of carbonyl (C=O) groups is 3. The zero-order valence-corrected chi connectivity index (χ0v) is 14.6. The van der Waals surface area contributed by atoms with Crippen molar-refractivity contribution in [3.05, 3.63) is 35.9 Å². The number of aliphatic carboxylic acids is 1. The molecule has 25 heavy (non-hydrogen) atoms. The summed E-state index contributed by atoms with van der Waals surface area (Å²) in [5.41, 5.74) is 0.456. The number of carboxylic acid groups (broad SMARTS) is 1. The van der Waals surface area contributed by atoms with Gasteiger partial charge < -0.3 is 15.3 Å². The molecule has 0 spiro atoms. The maximum atomic E-state index is 12.7. The van der Waals surface area contributed by atoms with E-state index in [0.717, 1.165) is 24.2 Å². The first-order valence-corrected chi connectivity index (χ1v) is 8.58. The molecule has 0 aliphatic carbocycles. The zero-order chi connectivity index (χ0) is 18.4. The van der Waals surface area contributed by atoms with Crippen LogP contribution in [-0.2, 0) is 4.79 Å². The monoisotopic (exact) mass is 347 g/mol. The summed E-state index contributed by atoms with van der Waals surface area (Å²) in [6.45, 7) is 4.71. The van der Waals surface area contributed by atoms with Crippen molar-refractivity contribution >= 4 is 18.0 Å². The van der Waals surface area contributed by atoms with E-state index in [1.165, 1.54) is 0 Å². The number of carboxylic acids is 1. The normalized spacial score (nSPS) is 15.6. The number of piperidine rings is 1. The first-order chi connectivity index (χ1) is 11.9. The first-order valence-electron chi connectivity index (χ1n) is 8.58. The molecule has 1 atom stereocenters. The van der Waals surface area contributed by atoms with E-state index in [1.54, 1.807) is 49.1 Å². The Morgan fingerprint density at radius 2 is 1.68 bits per heavy atom. The van der Waals surface area contributed by atoms with Crippen molar-refractivity contribution in [3.8, 4) is 0 Å². The number of urea groups is 2. The van der Waals surface area contributed by atoms with E-state index in [1.807, 2.05) is 0 Å². The fourth-order valence-electron chi connectivity index (χ4n) is 2.91. The van der Waals surface area contributed by atoms with Gasteiger partial charge in [-0.25, -0.2) is 19.3 Å². The number of likely N-dealkylation sites (tertiary alicyclic amines) is 1. The Balaban J connectivity index is 2.15. The number of hydrogen-bond donors (Lipinski definition) is 2. The molecule has 4 amide bonds. The van der Waals surface area contributed by atoms with Gasteiger partial charge >= 0.3 is 18.0 Å². The average molecular weight is 347 g/mol. The number of imide groups is 1. The summed E-state index contributed by atoms with van der Waals surface area (Å²) in [5, 5.41) is 11.9. The molecule has 0 saturated carbocycles. The molecule has 2 N–H and O–H groups in total. The van der Waals surface area contributed by atoms with Gasteiger partial charge in [-0.05, 0) is 38.7 Å². The molecule has 0 radical (unpaired) electrons. The Morgan fingerprint density at radius 1 is 1.08 bits per heavy atom. The summed E-state index contributed by atoms with van der Waals surface area (Å²) in [4.78, 5) is 39.7.